The number of rotatable bonds is 8. The topological polar surface area (TPSA) is 82.9 Å². The summed E-state index contributed by atoms with van der Waals surface area (Å²) in [6, 6.07) is 13.3. The molecule has 0 aliphatic carbocycles. The zero-order chi connectivity index (χ0) is 23.5. The van der Waals surface area contributed by atoms with Crippen LogP contribution < -0.4 is 4.74 Å². The number of morpholine rings is 1. The van der Waals surface area contributed by atoms with Gasteiger partial charge in [-0.15, -0.1) is 0 Å². The highest BCUT2D eigenvalue weighted by atomic mass is 32.2. The minimum atomic E-state index is -3.58. The van der Waals surface area contributed by atoms with Gasteiger partial charge in [-0.25, -0.2) is 13.4 Å². The number of imidazole rings is 1. The fourth-order valence-electron chi connectivity index (χ4n) is 4.37. The standard InChI is InChI=1S/C24H29N3O5S2/c1-30-19-5-2-4-18(14-19)17-33-24-25-22-15-21(34(28,29)26-9-12-31-13-10-26)7-8-23(22)27(24)16-20-6-3-11-32-20/h2,4-5,7-8,14-15,20H,3,6,9-13,16-17H2,1H3. The summed E-state index contributed by atoms with van der Waals surface area (Å²) in [6.07, 6.45) is 2.22. The predicted molar refractivity (Wildman–Crippen MR) is 131 cm³/mol. The molecule has 2 aliphatic heterocycles. The molecule has 2 saturated heterocycles. The highest BCUT2D eigenvalue weighted by Gasteiger charge is 2.27. The van der Waals surface area contributed by atoms with Crippen LogP contribution in [0, 0.1) is 0 Å². The van der Waals surface area contributed by atoms with Gasteiger partial charge in [0.1, 0.15) is 5.75 Å². The highest BCUT2D eigenvalue weighted by Crippen LogP contribution is 2.31. The summed E-state index contributed by atoms with van der Waals surface area (Å²) < 4.78 is 46.6. The molecule has 2 aromatic carbocycles. The van der Waals surface area contributed by atoms with E-state index < -0.39 is 10.0 Å². The number of fused-ring (bicyclic) bond motifs is 1. The number of hydrogen-bond acceptors (Lipinski definition) is 7. The average Bonchev–Trinajstić information content (AvgIpc) is 3.51. The molecule has 0 amide bonds. The lowest BCUT2D eigenvalue weighted by Gasteiger charge is -2.26. The van der Waals surface area contributed by atoms with E-state index in [-0.39, 0.29) is 11.0 Å². The van der Waals surface area contributed by atoms with Crippen LogP contribution in [0.25, 0.3) is 11.0 Å². The molecule has 1 atom stereocenters. The van der Waals surface area contributed by atoms with E-state index in [1.807, 2.05) is 24.3 Å². The Morgan fingerprint density at radius 3 is 2.76 bits per heavy atom. The van der Waals surface area contributed by atoms with E-state index in [1.165, 1.54) is 4.31 Å². The van der Waals surface area contributed by atoms with Crippen molar-refractivity contribution >= 4 is 32.8 Å². The van der Waals surface area contributed by atoms with E-state index in [2.05, 4.69) is 10.6 Å². The van der Waals surface area contributed by atoms with Gasteiger partial charge in [0.25, 0.3) is 0 Å². The molecule has 1 aromatic heterocycles. The Kier molecular flexibility index (Phi) is 7.12. The van der Waals surface area contributed by atoms with Gasteiger partial charge in [0, 0.05) is 25.4 Å². The van der Waals surface area contributed by atoms with Crippen LogP contribution in [0.15, 0.2) is 52.5 Å². The molecule has 182 valence electrons. The molecule has 0 spiro atoms. The maximum Gasteiger partial charge on any atom is 0.243 e. The zero-order valence-corrected chi connectivity index (χ0v) is 20.8. The van der Waals surface area contributed by atoms with Crippen LogP contribution in [0.3, 0.4) is 0 Å². The largest absolute Gasteiger partial charge is 0.497 e. The maximum absolute atomic E-state index is 13.2. The van der Waals surface area contributed by atoms with Crippen LogP contribution in [0.4, 0.5) is 0 Å². The van der Waals surface area contributed by atoms with Gasteiger partial charge in [-0.3, -0.25) is 0 Å². The van der Waals surface area contributed by atoms with Crippen molar-refractivity contribution in [3.63, 3.8) is 0 Å². The molecule has 0 bridgehead atoms. The number of sulfonamides is 1. The van der Waals surface area contributed by atoms with Crippen molar-refractivity contribution in [2.24, 2.45) is 0 Å². The van der Waals surface area contributed by atoms with Gasteiger partial charge in [-0.2, -0.15) is 4.31 Å². The Bertz CT molecular complexity index is 1250. The second-order valence-electron chi connectivity index (χ2n) is 8.45. The van der Waals surface area contributed by atoms with E-state index in [0.717, 1.165) is 47.2 Å². The number of benzene rings is 2. The molecule has 0 radical (unpaired) electrons. The van der Waals surface area contributed by atoms with Crippen LogP contribution in [0.1, 0.15) is 18.4 Å². The SMILES string of the molecule is COc1cccc(CSc2nc3cc(S(=O)(=O)N4CCOCC4)ccc3n2CC2CCCO2)c1. The second kappa shape index (κ2) is 10.2. The molecular weight excluding hydrogens is 474 g/mol. The van der Waals surface area contributed by atoms with Gasteiger partial charge in [0.15, 0.2) is 5.16 Å². The average molecular weight is 504 g/mol. The quantitative estimate of drug-likeness (QED) is 0.435. The van der Waals surface area contributed by atoms with Crippen molar-refractivity contribution in [3.05, 3.63) is 48.0 Å². The number of methoxy groups -OCH3 is 1. The third kappa shape index (κ3) is 4.96. The van der Waals surface area contributed by atoms with Gasteiger partial charge in [-0.1, -0.05) is 23.9 Å². The summed E-state index contributed by atoms with van der Waals surface area (Å²) in [5.74, 6) is 1.55. The van der Waals surface area contributed by atoms with Crippen LogP contribution in [-0.4, -0.2) is 68.4 Å². The normalized spacial score (nSPS) is 19.6. The Labute approximate surface area is 204 Å². The number of nitrogens with zero attached hydrogens (tertiary/aromatic N) is 3. The van der Waals surface area contributed by atoms with Crippen molar-refractivity contribution in [1.82, 2.24) is 13.9 Å². The Balaban J connectivity index is 1.46. The van der Waals surface area contributed by atoms with Gasteiger partial charge in [0.2, 0.25) is 10.0 Å². The molecular formula is C24H29N3O5S2. The predicted octanol–water partition coefficient (Wildman–Crippen LogP) is 3.54. The Hall–Kier alpha value is -2.11. The van der Waals surface area contributed by atoms with Crippen LogP contribution in [0.5, 0.6) is 5.75 Å². The number of aromatic nitrogens is 2. The first kappa shape index (κ1) is 23.6. The Morgan fingerprint density at radius 1 is 1.15 bits per heavy atom. The third-order valence-corrected chi connectivity index (χ3v) is 9.15. The van der Waals surface area contributed by atoms with Crippen LogP contribution in [0.2, 0.25) is 0 Å². The third-order valence-electron chi connectivity index (χ3n) is 6.20. The first-order chi connectivity index (χ1) is 16.5. The first-order valence-corrected chi connectivity index (χ1v) is 13.9. The molecule has 8 nitrogen and oxygen atoms in total. The zero-order valence-electron chi connectivity index (χ0n) is 19.2. The monoisotopic (exact) mass is 503 g/mol. The van der Waals surface area contributed by atoms with Crippen molar-refractivity contribution in [3.8, 4) is 5.75 Å². The molecule has 1 unspecified atom stereocenters. The summed E-state index contributed by atoms with van der Waals surface area (Å²) in [5, 5.41) is 0.856. The van der Waals surface area contributed by atoms with E-state index in [0.29, 0.717) is 38.4 Å². The molecule has 10 heteroatoms. The van der Waals surface area contributed by atoms with Gasteiger partial charge < -0.3 is 18.8 Å². The van der Waals surface area contributed by atoms with Crippen LogP contribution >= 0.6 is 11.8 Å². The van der Waals surface area contributed by atoms with Gasteiger partial charge in [0.05, 0.1) is 48.9 Å². The van der Waals surface area contributed by atoms with Gasteiger partial charge >= 0.3 is 0 Å². The van der Waals surface area contributed by atoms with Crippen molar-refractivity contribution < 1.29 is 22.6 Å². The molecule has 5 rings (SSSR count). The summed E-state index contributed by atoms with van der Waals surface area (Å²) in [6.45, 7) is 3.06. The van der Waals surface area contributed by atoms with Crippen LogP contribution in [-0.2, 0) is 31.8 Å². The van der Waals surface area contributed by atoms with Gasteiger partial charge in [-0.05, 0) is 48.7 Å². The molecule has 3 aromatic rings. The van der Waals surface area contributed by atoms with E-state index in [4.69, 9.17) is 19.2 Å². The lowest BCUT2D eigenvalue weighted by molar-refractivity contribution is 0.0730. The van der Waals surface area contributed by atoms with E-state index in [9.17, 15) is 8.42 Å². The summed E-state index contributed by atoms with van der Waals surface area (Å²) in [5.41, 5.74) is 2.74. The lowest BCUT2D eigenvalue weighted by Crippen LogP contribution is -2.40. The molecule has 2 fully saturated rings. The lowest BCUT2D eigenvalue weighted by atomic mass is 10.2. The molecule has 34 heavy (non-hydrogen) atoms. The number of hydrogen-bond donors (Lipinski definition) is 0. The fraction of sp³-hybridized carbons (Fsp3) is 0.458. The maximum atomic E-state index is 13.2. The molecule has 2 aliphatic rings. The highest BCUT2D eigenvalue weighted by molar-refractivity contribution is 7.98. The number of thioether (sulfide) groups is 1. The second-order valence-corrected chi connectivity index (χ2v) is 11.3. The van der Waals surface area contributed by atoms with Crippen molar-refractivity contribution in [1.29, 1.82) is 0 Å². The fourth-order valence-corrected chi connectivity index (χ4v) is 6.77. The molecule has 3 heterocycles. The minimum Gasteiger partial charge on any atom is -0.497 e. The Morgan fingerprint density at radius 2 is 2.00 bits per heavy atom. The van der Waals surface area contributed by atoms with E-state index >= 15 is 0 Å². The molecule has 0 N–H and O–H groups in total. The first-order valence-electron chi connectivity index (χ1n) is 11.5. The van der Waals surface area contributed by atoms with Crippen molar-refractivity contribution in [2.45, 2.75) is 41.3 Å². The minimum absolute atomic E-state index is 0.144. The summed E-state index contributed by atoms with van der Waals surface area (Å²) in [4.78, 5) is 5.13. The molecule has 0 saturated carbocycles. The van der Waals surface area contributed by atoms with Crippen molar-refractivity contribution in [2.75, 3.05) is 40.0 Å². The smallest absolute Gasteiger partial charge is 0.243 e. The van der Waals surface area contributed by atoms with E-state index in [1.54, 1.807) is 31.0 Å². The summed E-state index contributed by atoms with van der Waals surface area (Å²) >= 11 is 1.63. The number of ether oxygens (including phenoxy) is 3. The summed E-state index contributed by atoms with van der Waals surface area (Å²) in [7, 11) is -1.92.